The summed E-state index contributed by atoms with van der Waals surface area (Å²) in [6.45, 7) is 6.18. The van der Waals surface area contributed by atoms with Gasteiger partial charge in [-0.3, -0.25) is 14.5 Å². The Morgan fingerprint density at radius 3 is 2.44 bits per heavy atom. The van der Waals surface area contributed by atoms with E-state index in [4.69, 9.17) is 4.74 Å². The van der Waals surface area contributed by atoms with E-state index in [2.05, 4.69) is 17.0 Å². The summed E-state index contributed by atoms with van der Waals surface area (Å²) in [7, 11) is 3.52. The number of amides is 2. The summed E-state index contributed by atoms with van der Waals surface area (Å²) < 4.78 is 5.22. The molecule has 136 valence electrons. The third-order valence-electron chi connectivity index (χ3n) is 5.31. The fraction of sp³-hybridized carbons (Fsp3) is 0.579. The molecule has 1 spiro atoms. The van der Waals surface area contributed by atoms with Crippen LogP contribution in [0, 0.1) is 5.41 Å². The highest BCUT2D eigenvalue weighted by Crippen LogP contribution is 2.34. The van der Waals surface area contributed by atoms with Crippen molar-refractivity contribution in [3.05, 3.63) is 29.8 Å². The fourth-order valence-electron chi connectivity index (χ4n) is 4.06. The van der Waals surface area contributed by atoms with E-state index >= 15 is 0 Å². The average Bonchev–Trinajstić information content (AvgIpc) is 2.74. The second-order valence-corrected chi connectivity index (χ2v) is 7.43. The first kappa shape index (κ1) is 17.7. The lowest BCUT2D eigenvalue weighted by molar-refractivity contribution is -0.130. The Morgan fingerprint density at radius 1 is 1.16 bits per heavy atom. The largest absolute Gasteiger partial charge is 0.497 e. The molecule has 2 heterocycles. The first-order valence-corrected chi connectivity index (χ1v) is 8.76. The normalized spacial score (nSPS) is 24.7. The Bertz CT molecular complexity index is 646. The topological polar surface area (TPSA) is 53.1 Å². The first-order valence-electron chi connectivity index (χ1n) is 8.76. The van der Waals surface area contributed by atoms with Crippen molar-refractivity contribution in [3.63, 3.8) is 0 Å². The van der Waals surface area contributed by atoms with Gasteiger partial charge in [0, 0.05) is 65.1 Å². The highest BCUT2D eigenvalue weighted by atomic mass is 16.5. The number of rotatable bonds is 3. The summed E-state index contributed by atoms with van der Waals surface area (Å²) in [5.74, 6) is 1.12. The zero-order chi connectivity index (χ0) is 18.0. The van der Waals surface area contributed by atoms with Gasteiger partial charge in [-0.2, -0.15) is 0 Å². The number of nitrogens with zero attached hydrogens (tertiary/aromatic N) is 3. The van der Waals surface area contributed by atoms with E-state index < -0.39 is 0 Å². The van der Waals surface area contributed by atoms with Gasteiger partial charge >= 0.3 is 0 Å². The van der Waals surface area contributed by atoms with E-state index in [-0.39, 0.29) is 17.2 Å². The van der Waals surface area contributed by atoms with Gasteiger partial charge < -0.3 is 14.5 Å². The highest BCUT2D eigenvalue weighted by molar-refractivity contribution is 5.79. The lowest BCUT2D eigenvalue weighted by Crippen LogP contribution is -2.43. The minimum absolute atomic E-state index is 0.0904. The van der Waals surface area contributed by atoms with Crippen molar-refractivity contribution in [1.82, 2.24) is 14.7 Å². The van der Waals surface area contributed by atoms with Crippen LogP contribution in [0.4, 0.5) is 0 Å². The quantitative estimate of drug-likeness (QED) is 0.826. The van der Waals surface area contributed by atoms with Crippen LogP contribution in [0.15, 0.2) is 24.3 Å². The lowest BCUT2D eigenvalue weighted by atomic mass is 9.86. The standard InChI is InChI=1S/C19H27N3O3/c1-15(23)22-9-8-21(11-16-4-6-17(25-3)7-5-16)13-19(14-22)10-18(24)20(2)12-19/h4-7H,8-14H2,1-3H3. The maximum Gasteiger partial charge on any atom is 0.223 e. The van der Waals surface area contributed by atoms with Crippen LogP contribution in [0.3, 0.4) is 0 Å². The molecule has 6 nitrogen and oxygen atoms in total. The van der Waals surface area contributed by atoms with Crippen LogP contribution in [-0.2, 0) is 16.1 Å². The van der Waals surface area contributed by atoms with Gasteiger partial charge in [0.2, 0.25) is 11.8 Å². The van der Waals surface area contributed by atoms with Crippen LogP contribution < -0.4 is 4.74 Å². The molecule has 2 fully saturated rings. The molecule has 2 amide bonds. The minimum atomic E-state index is -0.166. The van der Waals surface area contributed by atoms with Gasteiger partial charge in [-0.1, -0.05) is 12.1 Å². The molecule has 0 N–H and O–H groups in total. The third kappa shape index (κ3) is 3.95. The van der Waals surface area contributed by atoms with E-state index in [1.807, 2.05) is 24.1 Å². The molecule has 0 saturated carbocycles. The minimum Gasteiger partial charge on any atom is -0.497 e. The molecule has 0 bridgehead atoms. The van der Waals surface area contributed by atoms with Crippen molar-refractivity contribution in [2.75, 3.05) is 46.9 Å². The van der Waals surface area contributed by atoms with Gasteiger partial charge in [0.05, 0.1) is 7.11 Å². The molecule has 6 heteroatoms. The average molecular weight is 345 g/mol. The van der Waals surface area contributed by atoms with Crippen molar-refractivity contribution in [2.45, 2.75) is 19.9 Å². The van der Waals surface area contributed by atoms with Crippen LogP contribution >= 0.6 is 0 Å². The van der Waals surface area contributed by atoms with Crippen molar-refractivity contribution in [2.24, 2.45) is 5.41 Å². The molecule has 1 atom stereocenters. The van der Waals surface area contributed by atoms with Gasteiger partial charge in [0.15, 0.2) is 0 Å². The zero-order valence-electron chi connectivity index (χ0n) is 15.3. The molecule has 0 aromatic heterocycles. The van der Waals surface area contributed by atoms with Crippen molar-refractivity contribution in [1.29, 1.82) is 0 Å². The molecule has 1 aromatic rings. The number of methoxy groups -OCH3 is 1. The van der Waals surface area contributed by atoms with E-state index in [1.165, 1.54) is 5.56 Å². The summed E-state index contributed by atoms with van der Waals surface area (Å²) in [6.07, 6.45) is 0.520. The Labute approximate surface area is 149 Å². The number of likely N-dealkylation sites (tertiary alicyclic amines) is 1. The monoisotopic (exact) mass is 345 g/mol. The van der Waals surface area contributed by atoms with Crippen LogP contribution in [0.2, 0.25) is 0 Å². The molecule has 0 aliphatic carbocycles. The summed E-state index contributed by atoms with van der Waals surface area (Å²) >= 11 is 0. The number of ether oxygens (including phenoxy) is 1. The molecule has 3 rings (SSSR count). The molecule has 1 unspecified atom stereocenters. The van der Waals surface area contributed by atoms with Gasteiger partial charge in [-0.25, -0.2) is 0 Å². The molecular weight excluding hydrogens is 318 g/mol. The van der Waals surface area contributed by atoms with Crippen LogP contribution in [0.25, 0.3) is 0 Å². The second kappa shape index (κ2) is 7.04. The van der Waals surface area contributed by atoms with Crippen molar-refractivity contribution in [3.8, 4) is 5.75 Å². The van der Waals surface area contributed by atoms with Crippen molar-refractivity contribution < 1.29 is 14.3 Å². The third-order valence-corrected chi connectivity index (χ3v) is 5.31. The summed E-state index contributed by atoms with van der Waals surface area (Å²) in [5.41, 5.74) is 1.05. The van der Waals surface area contributed by atoms with Gasteiger partial charge in [0.25, 0.3) is 0 Å². The van der Waals surface area contributed by atoms with Gasteiger partial charge in [0.1, 0.15) is 5.75 Å². The van der Waals surface area contributed by atoms with E-state index in [0.717, 1.165) is 25.4 Å². The Hall–Kier alpha value is -2.08. The second-order valence-electron chi connectivity index (χ2n) is 7.43. The van der Waals surface area contributed by atoms with Crippen LogP contribution in [-0.4, -0.2) is 73.4 Å². The number of carbonyl (C=O) groups excluding carboxylic acids is 2. The van der Waals surface area contributed by atoms with Crippen molar-refractivity contribution >= 4 is 11.8 Å². The molecule has 2 aliphatic heterocycles. The summed E-state index contributed by atoms with van der Waals surface area (Å²) in [5, 5.41) is 0. The molecule has 25 heavy (non-hydrogen) atoms. The fourth-order valence-corrected chi connectivity index (χ4v) is 4.06. The molecule has 0 radical (unpaired) electrons. The summed E-state index contributed by atoms with van der Waals surface area (Å²) in [4.78, 5) is 30.2. The Morgan fingerprint density at radius 2 is 1.88 bits per heavy atom. The highest BCUT2D eigenvalue weighted by Gasteiger charge is 2.45. The predicted octanol–water partition coefficient (Wildman–Crippen LogP) is 1.21. The van der Waals surface area contributed by atoms with E-state index in [9.17, 15) is 9.59 Å². The maximum atomic E-state index is 12.2. The Balaban J connectivity index is 1.77. The van der Waals surface area contributed by atoms with E-state index in [0.29, 0.717) is 26.1 Å². The SMILES string of the molecule is COc1ccc(CN2CCN(C(C)=O)CC3(CC(=O)N(C)C3)C2)cc1. The number of hydrogen-bond donors (Lipinski definition) is 0. The Kier molecular flexibility index (Phi) is 4.99. The van der Waals surface area contributed by atoms with Crippen LogP contribution in [0.1, 0.15) is 18.9 Å². The lowest BCUT2D eigenvalue weighted by Gasteiger charge is -2.33. The molecular formula is C19H27N3O3. The maximum absolute atomic E-state index is 12.2. The number of benzene rings is 1. The zero-order valence-corrected chi connectivity index (χ0v) is 15.3. The summed E-state index contributed by atoms with van der Waals surface area (Å²) in [6, 6.07) is 8.09. The van der Waals surface area contributed by atoms with Crippen LogP contribution in [0.5, 0.6) is 5.75 Å². The van der Waals surface area contributed by atoms with Gasteiger partial charge in [-0.15, -0.1) is 0 Å². The van der Waals surface area contributed by atoms with Gasteiger partial charge in [-0.05, 0) is 17.7 Å². The molecule has 2 saturated heterocycles. The first-order chi connectivity index (χ1) is 11.9. The van der Waals surface area contributed by atoms with E-state index in [1.54, 1.807) is 18.9 Å². The molecule has 1 aromatic carbocycles. The number of carbonyl (C=O) groups is 2. The predicted molar refractivity (Wildman–Crippen MR) is 95.2 cm³/mol. The molecule has 2 aliphatic rings. The number of hydrogen-bond acceptors (Lipinski definition) is 4. The smallest absolute Gasteiger partial charge is 0.223 e.